The van der Waals surface area contributed by atoms with Crippen molar-refractivity contribution in [2.45, 2.75) is 20.0 Å². The second kappa shape index (κ2) is 4.28. The van der Waals surface area contributed by atoms with Gasteiger partial charge in [-0.1, -0.05) is 0 Å². The van der Waals surface area contributed by atoms with Gasteiger partial charge >= 0.3 is 0 Å². The van der Waals surface area contributed by atoms with E-state index in [2.05, 4.69) is 0 Å². The summed E-state index contributed by atoms with van der Waals surface area (Å²) in [4.78, 5) is 0. The Morgan fingerprint density at radius 1 is 1.67 bits per heavy atom. The zero-order valence-electron chi connectivity index (χ0n) is 7.41. The van der Waals surface area contributed by atoms with Gasteiger partial charge in [-0.05, 0) is 19.9 Å². The Morgan fingerprint density at radius 2 is 2.42 bits per heavy atom. The van der Waals surface area contributed by atoms with E-state index in [1.807, 2.05) is 19.9 Å². The Labute approximate surface area is 72.0 Å². The first kappa shape index (κ1) is 9.29. The van der Waals surface area contributed by atoms with Crippen LogP contribution in [0.3, 0.4) is 0 Å². The van der Waals surface area contributed by atoms with Crippen LogP contribution in [0.2, 0.25) is 0 Å². The van der Waals surface area contributed by atoms with Crippen molar-refractivity contribution in [3.8, 4) is 0 Å². The molecule has 0 aliphatic rings. The monoisotopic (exact) mass is 170 g/mol. The number of furan rings is 1. The van der Waals surface area contributed by atoms with Crippen LogP contribution in [0.5, 0.6) is 0 Å². The number of ether oxygens (including phenoxy) is 1. The van der Waals surface area contributed by atoms with E-state index in [4.69, 9.17) is 9.15 Å². The van der Waals surface area contributed by atoms with Crippen LogP contribution in [0.25, 0.3) is 0 Å². The van der Waals surface area contributed by atoms with Crippen molar-refractivity contribution in [3.05, 3.63) is 23.7 Å². The SMILES string of the molecule is CCOCC(O)c1coc(C)c1. The predicted octanol–water partition coefficient (Wildman–Crippen LogP) is 1.66. The van der Waals surface area contributed by atoms with Gasteiger partial charge in [-0.2, -0.15) is 0 Å². The number of hydrogen-bond acceptors (Lipinski definition) is 3. The predicted molar refractivity (Wildman–Crippen MR) is 44.9 cm³/mol. The highest BCUT2D eigenvalue weighted by Crippen LogP contribution is 2.15. The number of hydrogen-bond donors (Lipinski definition) is 1. The molecule has 1 unspecified atom stereocenters. The average molecular weight is 170 g/mol. The van der Waals surface area contributed by atoms with E-state index in [0.717, 1.165) is 11.3 Å². The summed E-state index contributed by atoms with van der Waals surface area (Å²) in [6.45, 7) is 4.69. The molecule has 0 aliphatic heterocycles. The first-order valence-corrected chi connectivity index (χ1v) is 4.05. The third kappa shape index (κ3) is 2.36. The molecular formula is C9H14O3. The summed E-state index contributed by atoms with van der Waals surface area (Å²) in [5.74, 6) is 0.806. The summed E-state index contributed by atoms with van der Waals surface area (Å²) >= 11 is 0. The minimum Gasteiger partial charge on any atom is -0.469 e. The molecule has 3 nitrogen and oxygen atoms in total. The van der Waals surface area contributed by atoms with Crippen LogP contribution >= 0.6 is 0 Å². The maximum Gasteiger partial charge on any atom is 0.105 e. The van der Waals surface area contributed by atoms with Gasteiger partial charge in [-0.25, -0.2) is 0 Å². The third-order valence-electron chi connectivity index (χ3n) is 1.62. The summed E-state index contributed by atoms with van der Waals surface area (Å²) in [5, 5.41) is 9.48. The molecule has 0 bridgehead atoms. The number of rotatable bonds is 4. The zero-order valence-corrected chi connectivity index (χ0v) is 7.41. The molecule has 0 aliphatic carbocycles. The van der Waals surface area contributed by atoms with Gasteiger partial charge in [0, 0.05) is 12.2 Å². The Kier molecular flexibility index (Phi) is 3.31. The molecule has 0 fully saturated rings. The minimum atomic E-state index is -0.567. The second-order valence-corrected chi connectivity index (χ2v) is 2.67. The van der Waals surface area contributed by atoms with E-state index in [1.54, 1.807) is 6.26 Å². The summed E-state index contributed by atoms with van der Waals surface area (Å²) < 4.78 is 10.1. The van der Waals surface area contributed by atoms with Crippen molar-refractivity contribution in [1.29, 1.82) is 0 Å². The van der Waals surface area contributed by atoms with Crippen molar-refractivity contribution in [2.75, 3.05) is 13.2 Å². The summed E-state index contributed by atoms with van der Waals surface area (Å²) in [7, 11) is 0. The van der Waals surface area contributed by atoms with Gasteiger partial charge in [-0.15, -0.1) is 0 Å². The fraction of sp³-hybridized carbons (Fsp3) is 0.556. The molecule has 12 heavy (non-hydrogen) atoms. The lowest BCUT2D eigenvalue weighted by atomic mass is 10.2. The first-order chi connectivity index (χ1) is 5.74. The lowest BCUT2D eigenvalue weighted by Crippen LogP contribution is -2.05. The molecule has 68 valence electrons. The fourth-order valence-corrected chi connectivity index (χ4v) is 0.964. The van der Waals surface area contributed by atoms with Gasteiger partial charge in [0.05, 0.1) is 12.9 Å². The standard InChI is InChI=1S/C9H14O3/c1-3-11-6-9(10)8-4-7(2)12-5-8/h4-5,9-10H,3,6H2,1-2H3. The second-order valence-electron chi connectivity index (χ2n) is 2.67. The number of aryl methyl sites for hydroxylation is 1. The van der Waals surface area contributed by atoms with E-state index in [-0.39, 0.29) is 0 Å². The highest BCUT2D eigenvalue weighted by molar-refractivity contribution is 5.14. The Hall–Kier alpha value is -0.800. The molecule has 1 heterocycles. The molecular weight excluding hydrogens is 156 g/mol. The molecule has 1 N–H and O–H groups in total. The van der Waals surface area contributed by atoms with Crippen LogP contribution in [-0.2, 0) is 4.74 Å². The van der Waals surface area contributed by atoms with Crippen LogP contribution < -0.4 is 0 Å². The zero-order chi connectivity index (χ0) is 8.97. The van der Waals surface area contributed by atoms with Crippen molar-refractivity contribution in [3.63, 3.8) is 0 Å². The van der Waals surface area contributed by atoms with E-state index in [0.29, 0.717) is 13.2 Å². The summed E-state index contributed by atoms with van der Waals surface area (Å²) in [5.41, 5.74) is 0.779. The Morgan fingerprint density at radius 3 is 2.92 bits per heavy atom. The van der Waals surface area contributed by atoms with Gasteiger partial charge in [0.1, 0.15) is 11.9 Å². The fourth-order valence-electron chi connectivity index (χ4n) is 0.964. The lowest BCUT2D eigenvalue weighted by Gasteiger charge is -2.06. The van der Waals surface area contributed by atoms with E-state index in [1.165, 1.54) is 0 Å². The largest absolute Gasteiger partial charge is 0.469 e. The number of aliphatic hydroxyl groups is 1. The van der Waals surface area contributed by atoms with Gasteiger partial charge in [-0.3, -0.25) is 0 Å². The van der Waals surface area contributed by atoms with Crippen molar-refractivity contribution < 1.29 is 14.3 Å². The lowest BCUT2D eigenvalue weighted by molar-refractivity contribution is 0.0417. The molecule has 0 aromatic carbocycles. The van der Waals surface area contributed by atoms with Crippen LogP contribution in [0.1, 0.15) is 24.4 Å². The van der Waals surface area contributed by atoms with Crippen molar-refractivity contribution in [1.82, 2.24) is 0 Å². The quantitative estimate of drug-likeness (QED) is 0.747. The molecule has 1 aromatic rings. The minimum absolute atomic E-state index is 0.329. The highest BCUT2D eigenvalue weighted by Gasteiger charge is 2.09. The van der Waals surface area contributed by atoms with E-state index >= 15 is 0 Å². The Bertz CT molecular complexity index is 229. The molecule has 0 saturated heterocycles. The molecule has 1 rings (SSSR count). The van der Waals surface area contributed by atoms with Gasteiger partial charge < -0.3 is 14.3 Å². The maximum absolute atomic E-state index is 9.48. The first-order valence-electron chi connectivity index (χ1n) is 4.05. The highest BCUT2D eigenvalue weighted by atomic mass is 16.5. The van der Waals surface area contributed by atoms with Gasteiger partial charge in [0.15, 0.2) is 0 Å². The number of aliphatic hydroxyl groups excluding tert-OH is 1. The molecule has 1 atom stereocenters. The molecule has 0 amide bonds. The Balaban J connectivity index is 2.47. The van der Waals surface area contributed by atoms with Crippen LogP contribution in [0.4, 0.5) is 0 Å². The normalized spacial score (nSPS) is 13.2. The van der Waals surface area contributed by atoms with E-state index < -0.39 is 6.10 Å². The molecule has 0 spiro atoms. The summed E-state index contributed by atoms with van der Waals surface area (Å²) in [6, 6.07) is 1.81. The van der Waals surface area contributed by atoms with Crippen LogP contribution in [0, 0.1) is 6.92 Å². The van der Waals surface area contributed by atoms with Crippen LogP contribution in [-0.4, -0.2) is 18.3 Å². The molecule has 1 aromatic heterocycles. The van der Waals surface area contributed by atoms with Crippen LogP contribution in [0.15, 0.2) is 16.7 Å². The molecule has 3 heteroatoms. The molecule has 0 radical (unpaired) electrons. The maximum atomic E-state index is 9.48. The summed E-state index contributed by atoms with van der Waals surface area (Å²) in [6.07, 6.45) is 0.987. The van der Waals surface area contributed by atoms with Gasteiger partial charge in [0.25, 0.3) is 0 Å². The van der Waals surface area contributed by atoms with Crippen molar-refractivity contribution in [2.24, 2.45) is 0 Å². The smallest absolute Gasteiger partial charge is 0.105 e. The molecule has 0 saturated carbocycles. The van der Waals surface area contributed by atoms with E-state index in [9.17, 15) is 5.11 Å². The topological polar surface area (TPSA) is 42.6 Å². The third-order valence-corrected chi connectivity index (χ3v) is 1.62. The van der Waals surface area contributed by atoms with Gasteiger partial charge in [0.2, 0.25) is 0 Å². The average Bonchev–Trinajstić information content (AvgIpc) is 2.47. The van der Waals surface area contributed by atoms with Crippen molar-refractivity contribution >= 4 is 0 Å².